The fourth-order valence-corrected chi connectivity index (χ4v) is 2.23. The molecule has 1 heterocycles. The van der Waals surface area contributed by atoms with Gasteiger partial charge in [0.25, 0.3) is 0 Å². The van der Waals surface area contributed by atoms with E-state index in [9.17, 15) is 9.18 Å². The first kappa shape index (κ1) is 12.5. The molecule has 0 aromatic heterocycles. The number of rotatable bonds is 2. The molecule has 1 N–H and O–H groups in total. The second-order valence-electron chi connectivity index (χ2n) is 4.08. The number of hydrogen-bond donors (Lipinski definition) is 1. The maximum Gasteiger partial charge on any atom is 0.230 e. The molecule has 0 bridgehead atoms. The number of halogens is 2. The monoisotopic (exact) mass is 301 g/mol. The van der Waals surface area contributed by atoms with Crippen molar-refractivity contribution in [2.45, 2.75) is 19.4 Å². The molecule has 17 heavy (non-hydrogen) atoms. The lowest BCUT2D eigenvalue weighted by Gasteiger charge is -2.14. The summed E-state index contributed by atoms with van der Waals surface area (Å²) in [5.74, 6) is -0.825. The summed E-state index contributed by atoms with van der Waals surface area (Å²) in [6, 6.07) is 4.55. The van der Waals surface area contributed by atoms with E-state index in [2.05, 4.69) is 21.2 Å². The van der Waals surface area contributed by atoms with Crippen molar-refractivity contribution in [3.05, 3.63) is 28.5 Å². The highest BCUT2D eigenvalue weighted by Crippen LogP contribution is 2.24. The summed E-state index contributed by atoms with van der Waals surface area (Å²) in [6.07, 6.45) is 0.582. The quantitative estimate of drug-likeness (QED) is 0.912. The second-order valence-corrected chi connectivity index (χ2v) is 5.00. The standard InChI is InChI=1S/C12H13BrFNO2/c1-7-9(4-5-17-7)12(16)15-11-3-2-8(13)6-10(11)14/h2-3,6-7,9H,4-5H2,1H3,(H,15,16). The number of amides is 1. The lowest BCUT2D eigenvalue weighted by molar-refractivity contribution is -0.121. The minimum Gasteiger partial charge on any atom is -0.378 e. The molecule has 1 aromatic carbocycles. The summed E-state index contributed by atoms with van der Waals surface area (Å²) < 4.78 is 19.5. The Hall–Kier alpha value is -0.940. The van der Waals surface area contributed by atoms with E-state index in [1.54, 1.807) is 6.07 Å². The number of carbonyl (C=O) groups is 1. The van der Waals surface area contributed by atoms with Crippen LogP contribution in [0.25, 0.3) is 0 Å². The van der Waals surface area contributed by atoms with E-state index in [-0.39, 0.29) is 23.6 Å². The van der Waals surface area contributed by atoms with Gasteiger partial charge in [0, 0.05) is 11.1 Å². The lowest BCUT2D eigenvalue weighted by Crippen LogP contribution is -2.28. The summed E-state index contributed by atoms with van der Waals surface area (Å²) in [6.45, 7) is 2.44. The Kier molecular flexibility index (Phi) is 3.79. The van der Waals surface area contributed by atoms with Crippen LogP contribution in [-0.2, 0) is 9.53 Å². The molecule has 1 fully saturated rings. The highest BCUT2D eigenvalue weighted by atomic mass is 79.9. The van der Waals surface area contributed by atoms with Crippen molar-refractivity contribution in [1.82, 2.24) is 0 Å². The molecule has 1 aliphatic rings. The fraction of sp³-hybridized carbons (Fsp3) is 0.417. The van der Waals surface area contributed by atoms with Gasteiger partial charge in [-0.05, 0) is 31.5 Å². The molecule has 2 unspecified atom stereocenters. The zero-order valence-electron chi connectivity index (χ0n) is 9.37. The Bertz CT molecular complexity index is 439. The van der Waals surface area contributed by atoms with Gasteiger partial charge in [0.1, 0.15) is 5.82 Å². The molecule has 1 aliphatic heterocycles. The summed E-state index contributed by atoms with van der Waals surface area (Å²) in [7, 11) is 0. The Morgan fingerprint density at radius 2 is 2.35 bits per heavy atom. The third-order valence-corrected chi connectivity index (χ3v) is 3.40. The van der Waals surface area contributed by atoms with Crippen LogP contribution in [0.4, 0.5) is 10.1 Å². The molecular weight excluding hydrogens is 289 g/mol. The Balaban J connectivity index is 2.07. The predicted molar refractivity (Wildman–Crippen MR) is 66.3 cm³/mol. The third-order valence-electron chi connectivity index (χ3n) is 2.90. The Morgan fingerprint density at radius 1 is 1.59 bits per heavy atom. The van der Waals surface area contributed by atoms with Gasteiger partial charge in [-0.3, -0.25) is 4.79 Å². The van der Waals surface area contributed by atoms with Crippen molar-refractivity contribution >= 4 is 27.5 Å². The van der Waals surface area contributed by atoms with E-state index in [0.717, 1.165) is 0 Å². The normalized spacial score (nSPS) is 23.7. The average molecular weight is 302 g/mol. The number of ether oxygens (including phenoxy) is 1. The molecule has 0 radical (unpaired) electrons. The van der Waals surface area contributed by atoms with Gasteiger partial charge in [-0.15, -0.1) is 0 Å². The van der Waals surface area contributed by atoms with E-state index in [1.807, 2.05) is 6.92 Å². The first-order valence-corrected chi connectivity index (χ1v) is 6.25. The topological polar surface area (TPSA) is 38.3 Å². The first-order valence-electron chi connectivity index (χ1n) is 5.45. The molecule has 1 aromatic rings. The zero-order chi connectivity index (χ0) is 12.4. The summed E-state index contributed by atoms with van der Waals surface area (Å²) in [5.41, 5.74) is 0.206. The molecule has 2 atom stereocenters. The minimum atomic E-state index is -0.445. The van der Waals surface area contributed by atoms with Gasteiger partial charge in [0.05, 0.1) is 17.7 Å². The maximum absolute atomic E-state index is 13.5. The molecule has 92 valence electrons. The molecule has 2 rings (SSSR count). The maximum atomic E-state index is 13.5. The van der Waals surface area contributed by atoms with Gasteiger partial charge in [0.2, 0.25) is 5.91 Å². The van der Waals surface area contributed by atoms with Crippen LogP contribution in [-0.4, -0.2) is 18.6 Å². The van der Waals surface area contributed by atoms with E-state index in [1.165, 1.54) is 12.1 Å². The number of carbonyl (C=O) groups excluding carboxylic acids is 1. The van der Waals surface area contributed by atoms with Gasteiger partial charge in [-0.25, -0.2) is 4.39 Å². The number of hydrogen-bond acceptors (Lipinski definition) is 2. The predicted octanol–water partition coefficient (Wildman–Crippen LogP) is 2.95. The van der Waals surface area contributed by atoms with E-state index in [0.29, 0.717) is 17.5 Å². The van der Waals surface area contributed by atoms with Crippen molar-refractivity contribution in [2.24, 2.45) is 5.92 Å². The van der Waals surface area contributed by atoms with Crippen LogP contribution in [0.3, 0.4) is 0 Å². The van der Waals surface area contributed by atoms with Crippen molar-refractivity contribution < 1.29 is 13.9 Å². The zero-order valence-corrected chi connectivity index (χ0v) is 11.0. The van der Waals surface area contributed by atoms with E-state index in [4.69, 9.17) is 4.74 Å². The van der Waals surface area contributed by atoms with Gasteiger partial charge in [-0.1, -0.05) is 15.9 Å². The minimum absolute atomic E-state index is 0.103. The molecule has 1 saturated heterocycles. The van der Waals surface area contributed by atoms with Crippen LogP contribution < -0.4 is 5.32 Å². The van der Waals surface area contributed by atoms with Crippen molar-refractivity contribution in [3.63, 3.8) is 0 Å². The van der Waals surface area contributed by atoms with Crippen LogP contribution in [0.1, 0.15) is 13.3 Å². The summed E-state index contributed by atoms with van der Waals surface area (Å²) in [4.78, 5) is 11.9. The van der Waals surface area contributed by atoms with Crippen LogP contribution in [0.5, 0.6) is 0 Å². The summed E-state index contributed by atoms with van der Waals surface area (Å²) in [5, 5.41) is 2.60. The van der Waals surface area contributed by atoms with Gasteiger partial charge in [0.15, 0.2) is 0 Å². The molecule has 0 saturated carbocycles. The lowest BCUT2D eigenvalue weighted by atomic mass is 10.0. The Labute approximate surface area is 107 Å². The van der Waals surface area contributed by atoms with Crippen LogP contribution in [0.15, 0.2) is 22.7 Å². The van der Waals surface area contributed by atoms with Crippen LogP contribution in [0, 0.1) is 11.7 Å². The first-order chi connectivity index (χ1) is 8.08. The molecular formula is C12H13BrFNO2. The van der Waals surface area contributed by atoms with E-state index < -0.39 is 5.82 Å². The third kappa shape index (κ3) is 2.84. The molecule has 1 amide bonds. The second kappa shape index (κ2) is 5.14. The average Bonchev–Trinajstić information content (AvgIpc) is 2.68. The molecule has 3 nitrogen and oxygen atoms in total. The summed E-state index contributed by atoms with van der Waals surface area (Å²) >= 11 is 3.17. The van der Waals surface area contributed by atoms with Gasteiger partial charge < -0.3 is 10.1 Å². The molecule has 0 aliphatic carbocycles. The Morgan fingerprint density at radius 3 is 2.94 bits per heavy atom. The largest absolute Gasteiger partial charge is 0.378 e. The molecule has 0 spiro atoms. The van der Waals surface area contributed by atoms with Gasteiger partial charge in [-0.2, -0.15) is 0 Å². The van der Waals surface area contributed by atoms with Crippen LogP contribution >= 0.6 is 15.9 Å². The number of benzene rings is 1. The highest BCUT2D eigenvalue weighted by molar-refractivity contribution is 9.10. The van der Waals surface area contributed by atoms with E-state index >= 15 is 0 Å². The van der Waals surface area contributed by atoms with Crippen molar-refractivity contribution in [2.75, 3.05) is 11.9 Å². The van der Waals surface area contributed by atoms with Gasteiger partial charge >= 0.3 is 0 Å². The SMILES string of the molecule is CC1OCCC1C(=O)Nc1ccc(Br)cc1F. The highest BCUT2D eigenvalue weighted by Gasteiger charge is 2.31. The smallest absolute Gasteiger partial charge is 0.230 e. The van der Waals surface area contributed by atoms with Crippen molar-refractivity contribution in [1.29, 1.82) is 0 Å². The number of anilines is 1. The number of nitrogens with one attached hydrogen (secondary N) is 1. The van der Waals surface area contributed by atoms with Crippen molar-refractivity contribution in [3.8, 4) is 0 Å². The molecule has 5 heteroatoms. The fourth-order valence-electron chi connectivity index (χ4n) is 1.89. The van der Waals surface area contributed by atoms with Crippen LogP contribution in [0.2, 0.25) is 0 Å².